The fraction of sp³-hybridized carbons (Fsp3) is 0.160. The Hall–Kier alpha value is -3.86. The third-order valence-electron chi connectivity index (χ3n) is 5.28. The minimum absolute atomic E-state index is 0.0146. The predicted octanol–water partition coefficient (Wildman–Crippen LogP) is 5.16. The van der Waals surface area contributed by atoms with Crippen LogP contribution in [0.15, 0.2) is 108 Å². The maximum absolute atomic E-state index is 12.7. The molecule has 0 N–H and O–H groups in total. The predicted molar refractivity (Wildman–Crippen MR) is 117 cm³/mol. The van der Waals surface area contributed by atoms with E-state index in [0.717, 1.165) is 16.7 Å². The monoisotopic (exact) mass is 411 g/mol. The van der Waals surface area contributed by atoms with Gasteiger partial charge in [-0.2, -0.15) is 0 Å². The van der Waals surface area contributed by atoms with Crippen molar-refractivity contribution in [2.75, 3.05) is 6.61 Å². The van der Waals surface area contributed by atoms with Crippen LogP contribution in [0.4, 0.5) is 0 Å². The number of Topliss-reactive ketones (excluding diaryl/α,β-unsaturated/α-hetero) is 1. The summed E-state index contributed by atoms with van der Waals surface area (Å²) in [6, 6.07) is 28.8. The lowest BCUT2D eigenvalue weighted by molar-refractivity contribution is -0.135. The van der Waals surface area contributed by atoms with E-state index in [4.69, 9.17) is 15.0 Å². The molecule has 0 unspecified atom stereocenters. The summed E-state index contributed by atoms with van der Waals surface area (Å²) in [7, 11) is 0. The van der Waals surface area contributed by atoms with Crippen LogP contribution in [-0.2, 0) is 19.9 Å². The Morgan fingerprint density at radius 1 is 0.871 bits per heavy atom. The van der Waals surface area contributed by atoms with Crippen molar-refractivity contribution < 1.29 is 14.3 Å². The number of nitrogens with zero attached hydrogens (tertiary/aromatic N) is 3. The minimum atomic E-state index is -0.956. The van der Waals surface area contributed by atoms with Gasteiger partial charge in [-0.3, -0.25) is 4.79 Å². The molecule has 0 saturated carbocycles. The number of ether oxygens (including phenoxy) is 2. The van der Waals surface area contributed by atoms with Crippen LogP contribution in [-0.4, -0.2) is 24.5 Å². The van der Waals surface area contributed by atoms with Crippen molar-refractivity contribution in [3.8, 4) is 0 Å². The van der Waals surface area contributed by atoms with Crippen molar-refractivity contribution in [3.63, 3.8) is 0 Å². The molecule has 0 saturated heterocycles. The third-order valence-corrected chi connectivity index (χ3v) is 5.28. The van der Waals surface area contributed by atoms with Crippen LogP contribution in [0.1, 0.15) is 16.7 Å². The lowest BCUT2D eigenvalue weighted by atomic mass is 9.80. The van der Waals surface area contributed by atoms with Crippen LogP contribution < -0.4 is 0 Å². The molecule has 154 valence electrons. The first-order valence-corrected chi connectivity index (χ1v) is 9.96. The lowest BCUT2D eigenvalue weighted by Gasteiger charge is -2.37. The number of benzene rings is 3. The molecule has 3 aromatic rings. The fourth-order valence-corrected chi connectivity index (χ4v) is 3.81. The Kier molecular flexibility index (Phi) is 6.13. The molecule has 2 atom stereocenters. The van der Waals surface area contributed by atoms with Gasteiger partial charge in [0.1, 0.15) is 11.6 Å². The van der Waals surface area contributed by atoms with E-state index in [1.165, 1.54) is 12.3 Å². The minimum Gasteiger partial charge on any atom is -0.488 e. The topological polar surface area (TPSA) is 84.3 Å². The van der Waals surface area contributed by atoms with Gasteiger partial charge in [0, 0.05) is 4.91 Å². The first-order chi connectivity index (χ1) is 15.3. The standard InChI is InChI=1S/C25H21N3O3/c26-28-27-22-16-17-30-23(24(22)29)18-31-25(19-10-4-1-5-11-19,20-12-6-2-7-13-20)21-14-8-3-9-15-21/h1-17,22-23H,18H2/t22-,23-/m1/s1. The van der Waals surface area contributed by atoms with E-state index in [0.29, 0.717) is 0 Å². The van der Waals surface area contributed by atoms with E-state index < -0.39 is 17.7 Å². The van der Waals surface area contributed by atoms with E-state index in [1.807, 2.05) is 91.0 Å². The molecule has 1 aliphatic rings. The summed E-state index contributed by atoms with van der Waals surface area (Å²) in [6.07, 6.45) is 1.96. The highest BCUT2D eigenvalue weighted by Gasteiger charge is 2.40. The Morgan fingerprint density at radius 2 is 1.35 bits per heavy atom. The van der Waals surface area contributed by atoms with Gasteiger partial charge < -0.3 is 9.47 Å². The van der Waals surface area contributed by atoms with Crippen LogP contribution >= 0.6 is 0 Å². The molecule has 0 bridgehead atoms. The molecule has 0 radical (unpaired) electrons. The van der Waals surface area contributed by atoms with Gasteiger partial charge in [0.2, 0.25) is 0 Å². The number of ketones is 1. The van der Waals surface area contributed by atoms with E-state index in [2.05, 4.69) is 10.0 Å². The second-order valence-electron chi connectivity index (χ2n) is 7.10. The van der Waals surface area contributed by atoms with Crippen LogP contribution in [0.3, 0.4) is 0 Å². The molecule has 6 heteroatoms. The molecule has 0 aliphatic carbocycles. The Balaban J connectivity index is 1.78. The fourth-order valence-electron chi connectivity index (χ4n) is 3.81. The molecule has 1 aliphatic heterocycles. The van der Waals surface area contributed by atoms with Gasteiger partial charge in [0.25, 0.3) is 0 Å². The molecule has 0 fully saturated rings. The summed E-state index contributed by atoms with van der Waals surface area (Å²) < 4.78 is 12.1. The third kappa shape index (κ3) is 4.08. The summed E-state index contributed by atoms with van der Waals surface area (Å²) in [4.78, 5) is 15.5. The molecule has 3 aromatic carbocycles. The van der Waals surface area contributed by atoms with Crippen LogP contribution in [0.5, 0.6) is 0 Å². The van der Waals surface area contributed by atoms with Crippen molar-refractivity contribution in [3.05, 3.63) is 130 Å². The number of hydrogen-bond donors (Lipinski definition) is 0. The van der Waals surface area contributed by atoms with Gasteiger partial charge >= 0.3 is 0 Å². The van der Waals surface area contributed by atoms with E-state index in [-0.39, 0.29) is 12.4 Å². The highest BCUT2D eigenvalue weighted by Crippen LogP contribution is 2.40. The van der Waals surface area contributed by atoms with Crippen LogP contribution in [0.2, 0.25) is 0 Å². The van der Waals surface area contributed by atoms with Crippen LogP contribution in [0.25, 0.3) is 10.4 Å². The molecule has 6 nitrogen and oxygen atoms in total. The zero-order valence-electron chi connectivity index (χ0n) is 16.7. The first-order valence-electron chi connectivity index (χ1n) is 9.96. The van der Waals surface area contributed by atoms with Crippen LogP contribution in [0, 0.1) is 0 Å². The van der Waals surface area contributed by atoms with Gasteiger partial charge in [0.15, 0.2) is 11.9 Å². The van der Waals surface area contributed by atoms with Gasteiger partial charge in [-0.1, -0.05) is 96.1 Å². The summed E-state index contributed by atoms with van der Waals surface area (Å²) in [5.74, 6) is -0.330. The molecule has 0 spiro atoms. The van der Waals surface area contributed by atoms with Crippen molar-refractivity contribution in [1.82, 2.24) is 0 Å². The molecule has 0 amide bonds. The van der Waals surface area contributed by atoms with E-state index >= 15 is 0 Å². The van der Waals surface area contributed by atoms with Gasteiger partial charge in [-0.05, 0) is 28.3 Å². The number of rotatable bonds is 7. The maximum atomic E-state index is 12.7. The SMILES string of the molecule is [N-]=[N+]=N[C@@H]1C=CO[C@H](COC(c2ccccc2)(c2ccccc2)c2ccccc2)C1=O. The van der Waals surface area contributed by atoms with Crippen molar-refractivity contribution in [2.24, 2.45) is 5.11 Å². The average Bonchev–Trinajstić information content (AvgIpc) is 2.84. The molecule has 1 heterocycles. The molecule has 0 aromatic heterocycles. The van der Waals surface area contributed by atoms with Crippen molar-refractivity contribution in [2.45, 2.75) is 17.7 Å². The van der Waals surface area contributed by atoms with Gasteiger partial charge in [0.05, 0.1) is 12.9 Å². The van der Waals surface area contributed by atoms with E-state index in [9.17, 15) is 4.79 Å². The van der Waals surface area contributed by atoms with Gasteiger partial charge in [-0.25, -0.2) is 0 Å². The second-order valence-corrected chi connectivity index (χ2v) is 7.10. The summed E-state index contributed by atoms with van der Waals surface area (Å²) in [6.45, 7) is -0.0146. The van der Waals surface area contributed by atoms with E-state index in [1.54, 1.807) is 0 Å². The second kappa shape index (κ2) is 9.30. The quantitative estimate of drug-likeness (QED) is 0.233. The molecule has 4 rings (SSSR count). The van der Waals surface area contributed by atoms with Crippen molar-refractivity contribution >= 4 is 5.78 Å². The zero-order chi connectivity index (χ0) is 21.5. The molecular formula is C25H21N3O3. The normalized spacial score (nSPS) is 18.1. The average molecular weight is 411 g/mol. The van der Waals surface area contributed by atoms with Gasteiger partial charge in [-0.15, -0.1) is 0 Å². The number of carbonyl (C=O) groups is 1. The lowest BCUT2D eigenvalue weighted by Crippen LogP contribution is -2.42. The van der Waals surface area contributed by atoms with Crippen molar-refractivity contribution in [1.29, 1.82) is 0 Å². The Morgan fingerprint density at radius 3 is 1.81 bits per heavy atom. The number of carbonyl (C=O) groups excluding carboxylic acids is 1. The number of hydrogen-bond acceptors (Lipinski definition) is 4. The summed E-state index contributed by atoms with van der Waals surface area (Å²) in [5.41, 5.74) is 10.6. The Labute approximate surface area is 180 Å². The highest BCUT2D eigenvalue weighted by molar-refractivity contribution is 5.91. The summed E-state index contributed by atoms with van der Waals surface area (Å²) in [5, 5.41) is 3.54. The smallest absolute Gasteiger partial charge is 0.188 e. The largest absolute Gasteiger partial charge is 0.488 e. The first kappa shape index (κ1) is 20.4. The maximum Gasteiger partial charge on any atom is 0.188 e. The Bertz CT molecular complexity index is 998. The highest BCUT2D eigenvalue weighted by atomic mass is 16.5. The molecular weight excluding hydrogens is 390 g/mol. The molecule has 31 heavy (non-hydrogen) atoms. The zero-order valence-corrected chi connectivity index (χ0v) is 16.7. The number of azide groups is 1. The summed E-state index contributed by atoms with van der Waals surface area (Å²) >= 11 is 0.